The molecule has 0 bridgehead atoms. The fraction of sp³-hybridized carbons (Fsp3) is 0.238. The highest BCUT2D eigenvalue weighted by Crippen LogP contribution is 2.35. The minimum Gasteiger partial charge on any atom is -0.405 e. The van der Waals surface area contributed by atoms with E-state index in [9.17, 15) is 13.2 Å². The molecule has 2 N–H and O–H groups in total. The molecule has 168 valence electrons. The number of hydrogen-bond donors (Lipinski definition) is 2. The standard InChI is InChI=1S/C20H17F3N6O.CH3I/c1-3-12-7-6-9-14-16(12)25-17(26-18(14)27-19-24-11(2)28-29-19)13-8-4-5-10-15(13)30-20(21,22)23;1-2/h4-10H,3H2,1-2H3,(H2,24,25,26,27,28,29);1H3. The van der Waals surface area contributed by atoms with Gasteiger partial charge in [0, 0.05) is 5.39 Å². The highest BCUT2D eigenvalue weighted by atomic mass is 127. The van der Waals surface area contributed by atoms with Crippen molar-refractivity contribution in [2.24, 2.45) is 0 Å². The zero-order valence-electron chi connectivity index (χ0n) is 17.5. The maximum absolute atomic E-state index is 12.9. The largest absolute Gasteiger partial charge is 0.573 e. The third-order valence-electron chi connectivity index (χ3n) is 4.37. The Balaban J connectivity index is 0.00000141. The van der Waals surface area contributed by atoms with E-state index in [0.29, 0.717) is 34.9 Å². The highest BCUT2D eigenvalue weighted by molar-refractivity contribution is 14.1. The van der Waals surface area contributed by atoms with Crippen LogP contribution in [0.1, 0.15) is 18.3 Å². The molecule has 0 atom stereocenters. The van der Waals surface area contributed by atoms with Gasteiger partial charge in [-0.15, -0.1) is 18.3 Å². The molecule has 0 unspecified atom stereocenters. The Bertz CT molecular complexity index is 1210. The predicted molar refractivity (Wildman–Crippen MR) is 125 cm³/mol. The van der Waals surface area contributed by atoms with Crippen molar-refractivity contribution in [3.63, 3.8) is 0 Å². The molecule has 0 saturated heterocycles. The normalized spacial score (nSPS) is 11.1. The Morgan fingerprint density at radius 3 is 2.44 bits per heavy atom. The molecule has 0 amide bonds. The second kappa shape index (κ2) is 10.1. The number of benzene rings is 2. The van der Waals surface area contributed by atoms with E-state index in [4.69, 9.17) is 0 Å². The van der Waals surface area contributed by atoms with Crippen molar-refractivity contribution < 1.29 is 17.9 Å². The molecule has 0 aliphatic heterocycles. The average molecular weight is 556 g/mol. The van der Waals surface area contributed by atoms with Crippen LogP contribution in [0.3, 0.4) is 0 Å². The van der Waals surface area contributed by atoms with E-state index in [1.165, 1.54) is 18.2 Å². The van der Waals surface area contributed by atoms with Crippen molar-refractivity contribution in [2.45, 2.75) is 26.6 Å². The lowest BCUT2D eigenvalue weighted by Crippen LogP contribution is -2.17. The van der Waals surface area contributed by atoms with Gasteiger partial charge in [0.25, 0.3) is 0 Å². The topological polar surface area (TPSA) is 88.6 Å². The average Bonchev–Trinajstić information content (AvgIpc) is 3.18. The number of alkyl halides is 4. The number of ether oxygens (including phenoxy) is 1. The summed E-state index contributed by atoms with van der Waals surface area (Å²) in [5.74, 6) is 0.997. The summed E-state index contributed by atoms with van der Waals surface area (Å²) in [5, 5.41) is 10.5. The van der Waals surface area contributed by atoms with Gasteiger partial charge in [-0.1, -0.05) is 53.8 Å². The molecule has 7 nitrogen and oxygen atoms in total. The number of nitrogens with one attached hydrogen (secondary N) is 2. The molecule has 0 aliphatic carbocycles. The van der Waals surface area contributed by atoms with Crippen molar-refractivity contribution in [1.29, 1.82) is 0 Å². The summed E-state index contributed by atoms with van der Waals surface area (Å²) in [6.45, 7) is 3.73. The number of rotatable bonds is 5. The maximum atomic E-state index is 12.9. The van der Waals surface area contributed by atoms with Gasteiger partial charge in [-0.25, -0.2) is 9.97 Å². The Morgan fingerprint density at radius 2 is 1.78 bits per heavy atom. The van der Waals surface area contributed by atoms with Gasteiger partial charge in [-0.2, -0.15) is 4.98 Å². The molecule has 2 aromatic carbocycles. The van der Waals surface area contributed by atoms with Gasteiger partial charge in [0.1, 0.15) is 17.4 Å². The third kappa shape index (κ3) is 5.44. The van der Waals surface area contributed by atoms with Gasteiger partial charge < -0.3 is 10.1 Å². The SMILES string of the molecule is CCc1cccc2c(Nc3n[nH]c(C)n3)nc(-c3ccccc3OC(F)(F)F)nc12.CI. The lowest BCUT2D eigenvalue weighted by molar-refractivity contribution is -0.274. The summed E-state index contributed by atoms with van der Waals surface area (Å²) in [6.07, 6.45) is -4.15. The highest BCUT2D eigenvalue weighted by Gasteiger charge is 2.32. The molecular weight excluding hydrogens is 536 g/mol. The van der Waals surface area contributed by atoms with Crippen LogP contribution >= 0.6 is 22.6 Å². The molecule has 0 fully saturated rings. The number of fused-ring (bicyclic) bond motifs is 1. The van der Waals surface area contributed by atoms with Crippen molar-refractivity contribution in [3.05, 3.63) is 53.9 Å². The third-order valence-corrected chi connectivity index (χ3v) is 4.37. The minimum atomic E-state index is -4.83. The number of aromatic amines is 1. The van der Waals surface area contributed by atoms with Crippen molar-refractivity contribution in [2.75, 3.05) is 10.2 Å². The molecular formula is C21H20F3IN6O. The molecule has 2 aromatic heterocycles. The zero-order chi connectivity index (χ0) is 23.3. The van der Waals surface area contributed by atoms with E-state index in [0.717, 1.165) is 5.56 Å². The van der Waals surface area contributed by atoms with Crippen molar-refractivity contribution >= 4 is 45.3 Å². The van der Waals surface area contributed by atoms with Crippen molar-refractivity contribution in [1.82, 2.24) is 25.1 Å². The van der Waals surface area contributed by atoms with Crippen LogP contribution in [-0.2, 0) is 6.42 Å². The molecule has 0 aliphatic rings. The van der Waals surface area contributed by atoms with Gasteiger partial charge in [-0.05, 0) is 42.0 Å². The Kier molecular flexibility index (Phi) is 7.48. The second-order valence-corrected chi connectivity index (χ2v) is 6.48. The van der Waals surface area contributed by atoms with E-state index >= 15 is 0 Å². The van der Waals surface area contributed by atoms with E-state index in [1.807, 2.05) is 30.1 Å². The van der Waals surface area contributed by atoms with Crippen molar-refractivity contribution in [3.8, 4) is 17.1 Å². The van der Waals surface area contributed by atoms with Gasteiger partial charge in [-0.3, -0.25) is 5.10 Å². The summed E-state index contributed by atoms with van der Waals surface area (Å²) in [7, 11) is 0. The fourth-order valence-electron chi connectivity index (χ4n) is 3.08. The van der Waals surface area contributed by atoms with Gasteiger partial charge in [0.15, 0.2) is 5.82 Å². The Labute approximate surface area is 196 Å². The molecule has 0 spiro atoms. The van der Waals surface area contributed by atoms with Crippen LogP contribution in [0.2, 0.25) is 0 Å². The predicted octanol–water partition coefficient (Wildman–Crippen LogP) is 5.98. The van der Waals surface area contributed by atoms with Crippen LogP contribution in [0.4, 0.5) is 24.9 Å². The van der Waals surface area contributed by atoms with Crippen LogP contribution < -0.4 is 10.1 Å². The van der Waals surface area contributed by atoms with E-state index < -0.39 is 6.36 Å². The Hall–Kier alpha value is -2.96. The van der Waals surface area contributed by atoms with Crippen LogP contribution in [-0.4, -0.2) is 36.4 Å². The number of hydrogen-bond acceptors (Lipinski definition) is 6. The monoisotopic (exact) mass is 556 g/mol. The first-order chi connectivity index (χ1) is 15.3. The van der Waals surface area contributed by atoms with E-state index in [-0.39, 0.29) is 17.1 Å². The molecule has 0 saturated carbocycles. The number of anilines is 2. The van der Waals surface area contributed by atoms with Crippen LogP contribution in [0.25, 0.3) is 22.3 Å². The summed E-state index contributed by atoms with van der Waals surface area (Å²) in [4.78, 5) is 15.2. The molecule has 4 aromatic rings. The van der Waals surface area contributed by atoms with Crippen LogP contribution in [0.5, 0.6) is 5.75 Å². The molecule has 32 heavy (non-hydrogen) atoms. The number of nitrogens with zero attached hydrogens (tertiary/aromatic N) is 4. The summed E-state index contributed by atoms with van der Waals surface area (Å²) >= 11 is 2.15. The van der Waals surface area contributed by atoms with Gasteiger partial charge >= 0.3 is 6.36 Å². The second-order valence-electron chi connectivity index (χ2n) is 6.48. The summed E-state index contributed by atoms with van der Waals surface area (Å²) in [5.41, 5.74) is 1.68. The lowest BCUT2D eigenvalue weighted by Gasteiger charge is -2.15. The minimum absolute atomic E-state index is 0.0954. The molecule has 11 heteroatoms. The fourth-order valence-corrected chi connectivity index (χ4v) is 3.08. The van der Waals surface area contributed by atoms with Gasteiger partial charge in [0.05, 0.1) is 11.1 Å². The smallest absolute Gasteiger partial charge is 0.405 e. The number of H-pyrrole nitrogens is 1. The van der Waals surface area contributed by atoms with E-state index in [1.54, 1.807) is 13.0 Å². The first-order valence-electron chi connectivity index (χ1n) is 9.52. The first-order valence-corrected chi connectivity index (χ1v) is 11.7. The number of aryl methyl sites for hydroxylation is 2. The molecule has 2 heterocycles. The van der Waals surface area contributed by atoms with Crippen LogP contribution in [0.15, 0.2) is 42.5 Å². The maximum Gasteiger partial charge on any atom is 0.573 e. The quantitative estimate of drug-likeness (QED) is 0.232. The first kappa shape index (κ1) is 23.7. The Morgan fingerprint density at radius 1 is 1.03 bits per heavy atom. The number of aromatic nitrogens is 5. The number of para-hydroxylation sites is 2. The van der Waals surface area contributed by atoms with E-state index in [2.05, 4.69) is 57.8 Å². The van der Waals surface area contributed by atoms with Crippen LogP contribution in [0, 0.1) is 6.92 Å². The van der Waals surface area contributed by atoms with Gasteiger partial charge in [0.2, 0.25) is 5.95 Å². The zero-order valence-corrected chi connectivity index (χ0v) is 19.6. The summed E-state index contributed by atoms with van der Waals surface area (Å²) in [6, 6.07) is 11.4. The lowest BCUT2D eigenvalue weighted by atomic mass is 10.1. The molecule has 4 rings (SSSR count). The summed E-state index contributed by atoms with van der Waals surface area (Å²) < 4.78 is 42.8. The number of halogens is 4. The molecule has 0 radical (unpaired) electrons.